The Morgan fingerprint density at radius 1 is 1.04 bits per heavy atom. The lowest BCUT2D eigenvalue weighted by Crippen LogP contribution is -2.34. The highest BCUT2D eigenvalue weighted by Crippen LogP contribution is 2.09. The van der Waals surface area contributed by atoms with Crippen molar-refractivity contribution >= 4 is 29.5 Å². The zero-order chi connectivity index (χ0) is 20.2. The number of carbonyl (C=O) groups excluding carboxylic acids is 3. The van der Waals surface area contributed by atoms with Crippen LogP contribution in [0.15, 0.2) is 36.4 Å². The fraction of sp³-hybridized carbons (Fsp3) is 0.333. The Labute approximate surface area is 157 Å². The van der Waals surface area contributed by atoms with Gasteiger partial charge in [-0.1, -0.05) is 13.8 Å². The predicted molar refractivity (Wildman–Crippen MR) is 101 cm³/mol. The van der Waals surface area contributed by atoms with Crippen molar-refractivity contribution in [1.82, 2.24) is 15.5 Å². The Kier molecular flexibility index (Phi) is 9.24. The van der Waals surface area contributed by atoms with Crippen LogP contribution in [0, 0.1) is 0 Å². The van der Waals surface area contributed by atoms with E-state index in [1.807, 2.05) is 5.32 Å². The minimum absolute atomic E-state index is 0.154. The Hall–Kier alpha value is -3.20. The van der Waals surface area contributed by atoms with Gasteiger partial charge in [0.15, 0.2) is 0 Å². The zero-order valence-corrected chi connectivity index (χ0v) is 15.3. The molecule has 1 aliphatic heterocycles. The molecular weight excluding hydrogens is 352 g/mol. The molecule has 0 unspecified atom stereocenters. The average Bonchev–Trinajstić information content (AvgIpc) is 3.02. The van der Waals surface area contributed by atoms with Gasteiger partial charge in [0.05, 0.1) is 0 Å². The standard InChI is InChI=1S/C14H21N3O3.C4H3NO2/c1-3-17(4-2)10-9-15-13(18)11-5-7-12(8-6-11)16-14(19)20;6-3-1-2-4(7)5-3/h5-8,16H,3-4,9-10H2,1-2H3,(H,15,18)(H,19,20);1-2H,(H,5,6,7). The summed E-state index contributed by atoms with van der Waals surface area (Å²) in [4.78, 5) is 44.6. The van der Waals surface area contributed by atoms with Crippen molar-refractivity contribution in [3.63, 3.8) is 0 Å². The van der Waals surface area contributed by atoms with E-state index in [1.54, 1.807) is 24.3 Å². The summed E-state index contributed by atoms with van der Waals surface area (Å²) in [6.45, 7) is 7.50. The van der Waals surface area contributed by atoms with Crippen molar-refractivity contribution < 1.29 is 24.3 Å². The van der Waals surface area contributed by atoms with Crippen LogP contribution in [0.25, 0.3) is 0 Å². The lowest BCUT2D eigenvalue weighted by Gasteiger charge is -2.17. The maximum atomic E-state index is 11.9. The van der Waals surface area contributed by atoms with E-state index in [2.05, 4.69) is 29.4 Å². The summed E-state index contributed by atoms with van der Waals surface area (Å²) >= 11 is 0. The van der Waals surface area contributed by atoms with E-state index in [4.69, 9.17) is 5.11 Å². The summed E-state index contributed by atoms with van der Waals surface area (Å²) < 4.78 is 0. The van der Waals surface area contributed by atoms with Crippen LogP contribution in [0.2, 0.25) is 0 Å². The second kappa shape index (κ2) is 11.4. The van der Waals surface area contributed by atoms with Crippen LogP contribution in [-0.2, 0) is 9.59 Å². The largest absolute Gasteiger partial charge is 0.465 e. The smallest absolute Gasteiger partial charge is 0.409 e. The molecule has 0 spiro atoms. The molecule has 0 bridgehead atoms. The molecule has 0 aromatic heterocycles. The van der Waals surface area contributed by atoms with Crippen molar-refractivity contribution in [2.75, 3.05) is 31.5 Å². The van der Waals surface area contributed by atoms with Gasteiger partial charge in [0.25, 0.3) is 17.7 Å². The number of nitrogens with zero attached hydrogens (tertiary/aromatic N) is 1. The summed E-state index contributed by atoms with van der Waals surface area (Å²) in [5, 5.41) is 15.7. The van der Waals surface area contributed by atoms with E-state index in [0.29, 0.717) is 17.8 Å². The quantitative estimate of drug-likeness (QED) is 0.527. The topological polar surface area (TPSA) is 128 Å². The summed E-state index contributed by atoms with van der Waals surface area (Å²) in [5.41, 5.74) is 0.956. The van der Waals surface area contributed by atoms with Crippen LogP contribution in [0.5, 0.6) is 0 Å². The Bertz CT molecular complexity index is 680. The first-order chi connectivity index (χ1) is 12.8. The van der Waals surface area contributed by atoms with Gasteiger partial charge < -0.3 is 15.3 Å². The van der Waals surface area contributed by atoms with Crippen molar-refractivity contribution in [2.24, 2.45) is 0 Å². The predicted octanol–water partition coefficient (Wildman–Crippen LogP) is 1.05. The monoisotopic (exact) mass is 376 g/mol. The van der Waals surface area contributed by atoms with Gasteiger partial charge in [-0.3, -0.25) is 25.0 Å². The van der Waals surface area contributed by atoms with Crippen LogP contribution in [0.3, 0.4) is 0 Å². The van der Waals surface area contributed by atoms with Crippen molar-refractivity contribution in [2.45, 2.75) is 13.8 Å². The molecule has 0 radical (unpaired) electrons. The first kappa shape index (κ1) is 21.8. The highest BCUT2D eigenvalue weighted by molar-refractivity contribution is 6.12. The van der Waals surface area contributed by atoms with Gasteiger partial charge >= 0.3 is 6.09 Å². The molecule has 2 rings (SSSR count). The Morgan fingerprint density at radius 2 is 1.59 bits per heavy atom. The van der Waals surface area contributed by atoms with Crippen molar-refractivity contribution in [3.8, 4) is 0 Å². The lowest BCUT2D eigenvalue weighted by atomic mass is 10.2. The highest BCUT2D eigenvalue weighted by Gasteiger charge is 2.07. The minimum Gasteiger partial charge on any atom is -0.465 e. The molecule has 0 atom stereocenters. The molecule has 4 amide bonds. The van der Waals surface area contributed by atoms with Gasteiger partial charge in [-0.15, -0.1) is 0 Å². The van der Waals surface area contributed by atoms with Crippen molar-refractivity contribution in [1.29, 1.82) is 0 Å². The molecule has 0 saturated heterocycles. The fourth-order valence-corrected chi connectivity index (χ4v) is 2.15. The van der Waals surface area contributed by atoms with Crippen LogP contribution >= 0.6 is 0 Å². The fourth-order valence-electron chi connectivity index (χ4n) is 2.15. The van der Waals surface area contributed by atoms with Crippen LogP contribution in [-0.4, -0.2) is 60.0 Å². The number of amides is 4. The lowest BCUT2D eigenvalue weighted by molar-refractivity contribution is -0.123. The molecular formula is C18H24N4O5. The Balaban J connectivity index is 0.000000433. The first-order valence-corrected chi connectivity index (χ1v) is 8.49. The van der Waals surface area contributed by atoms with E-state index in [1.165, 1.54) is 12.2 Å². The van der Waals surface area contributed by atoms with E-state index in [0.717, 1.165) is 19.6 Å². The number of anilines is 1. The van der Waals surface area contributed by atoms with Gasteiger partial charge in [0, 0.05) is 36.5 Å². The molecule has 27 heavy (non-hydrogen) atoms. The SMILES string of the molecule is CCN(CC)CCNC(=O)c1ccc(NC(=O)O)cc1.O=C1C=CC(=O)N1. The summed E-state index contributed by atoms with van der Waals surface area (Å²) in [6, 6.07) is 6.32. The first-order valence-electron chi connectivity index (χ1n) is 8.49. The molecule has 0 fully saturated rings. The van der Waals surface area contributed by atoms with Crippen LogP contribution < -0.4 is 16.0 Å². The molecule has 1 aliphatic rings. The number of hydrogen-bond donors (Lipinski definition) is 4. The summed E-state index contributed by atoms with van der Waals surface area (Å²) in [5.74, 6) is -0.811. The third-order valence-electron chi connectivity index (χ3n) is 3.64. The molecule has 0 saturated carbocycles. The summed E-state index contributed by atoms with van der Waals surface area (Å²) in [6.07, 6.45) is 1.27. The summed E-state index contributed by atoms with van der Waals surface area (Å²) in [7, 11) is 0. The van der Waals surface area contributed by atoms with Gasteiger partial charge in [-0.05, 0) is 37.4 Å². The molecule has 9 nitrogen and oxygen atoms in total. The minimum atomic E-state index is -1.12. The van der Waals surface area contributed by atoms with E-state index < -0.39 is 6.09 Å². The van der Waals surface area contributed by atoms with Crippen LogP contribution in [0.1, 0.15) is 24.2 Å². The second-order valence-corrected chi connectivity index (χ2v) is 5.48. The van der Waals surface area contributed by atoms with Crippen LogP contribution in [0.4, 0.5) is 10.5 Å². The molecule has 0 aliphatic carbocycles. The van der Waals surface area contributed by atoms with Gasteiger partial charge in [0.2, 0.25) is 0 Å². The number of hydrogen-bond acceptors (Lipinski definition) is 5. The van der Waals surface area contributed by atoms with Gasteiger partial charge in [-0.25, -0.2) is 4.79 Å². The second-order valence-electron chi connectivity index (χ2n) is 5.48. The van der Waals surface area contributed by atoms with Gasteiger partial charge in [-0.2, -0.15) is 0 Å². The third kappa shape index (κ3) is 8.63. The number of carbonyl (C=O) groups is 4. The van der Waals surface area contributed by atoms with Crippen molar-refractivity contribution in [3.05, 3.63) is 42.0 Å². The maximum absolute atomic E-state index is 11.9. The molecule has 4 N–H and O–H groups in total. The molecule has 1 aromatic carbocycles. The third-order valence-corrected chi connectivity index (χ3v) is 3.64. The van der Waals surface area contributed by atoms with Gasteiger partial charge in [0.1, 0.15) is 0 Å². The number of imide groups is 1. The molecule has 1 heterocycles. The normalized spacial score (nSPS) is 12.3. The highest BCUT2D eigenvalue weighted by atomic mass is 16.4. The Morgan fingerprint density at radius 3 is 2.00 bits per heavy atom. The molecule has 1 aromatic rings. The number of nitrogens with one attached hydrogen (secondary N) is 3. The number of carboxylic acid groups (broad SMARTS) is 1. The number of likely N-dealkylation sites (N-methyl/N-ethyl adjacent to an activating group) is 1. The number of benzene rings is 1. The average molecular weight is 376 g/mol. The maximum Gasteiger partial charge on any atom is 0.409 e. The zero-order valence-electron chi connectivity index (χ0n) is 15.3. The van der Waals surface area contributed by atoms with E-state index in [-0.39, 0.29) is 17.7 Å². The number of rotatable bonds is 7. The van der Waals surface area contributed by atoms with E-state index in [9.17, 15) is 19.2 Å². The molecule has 9 heteroatoms. The van der Waals surface area contributed by atoms with E-state index >= 15 is 0 Å². The molecule has 146 valence electrons.